The van der Waals surface area contributed by atoms with Crippen LogP contribution in [-0.4, -0.2) is 18.3 Å². The average Bonchev–Trinajstić information content (AvgIpc) is 2.37. The van der Waals surface area contributed by atoms with Crippen LogP contribution in [0.4, 0.5) is 15.9 Å². The number of pyridine rings is 1. The van der Waals surface area contributed by atoms with Crippen LogP contribution in [0.3, 0.4) is 0 Å². The van der Waals surface area contributed by atoms with Gasteiger partial charge in [-0.15, -0.1) is 0 Å². The molecule has 0 unspecified atom stereocenters. The molecular weight excluding hydrogens is 369 g/mol. The quantitative estimate of drug-likeness (QED) is 0.502. The van der Waals surface area contributed by atoms with Gasteiger partial charge in [-0.2, -0.15) is 4.39 Å². The summed E-state index contributed by atoms with van der Waals surface area (Å²) in [5, 5.41) is 10.9. The summed E-state index contributed by atoms with van der Waals surface area (Å²) in [4.78, 5) is 12.9. The van der Waals surface area contributed by atoms with Crippen molar-refractivity contribution >= 4 is 37.5 Å². The number of halogens is 2. The second-order valence-electron chi connectivity index (χ2n) is 3.82. The normalized spacial score (nSPS) is 11.1. The van der Waals surface area contributed by atoms with Crippen molar-refractivity contribution in [2.45, 2.75) is 4.90 Å². The molecule has 0 atom stereocenters. The molecule has 21 heavy (non-hydrogen) atoms. The fraction of sp³-hybridized carbons (Fsp3) is 0. The van der Waals surface area contributed by atoms with Gasteiger partial charge in [0, 0.05) is 10.5 Å². The molecule has 0 radical (unpaired) electrons. The van der Waals surface area contributed by atoms with Gasteiger partial charge < -0.3 is 0 Å². The number of nitrogens with one attached hydrogen (secondary N) is 1. The lowest BCUT2D eigenvalue weighted by atomic mass is 10.3. The minimum absolute atomic E-state index is 0.274. The molecule has 0 saturated heterocycles. The number of nitrogens with zero attached hydrogens (tertiary/aromatic N) is 2. The first-order valence-electron chi connectivity index (χ1n) is 5.39. The number of sulfonamides is 1. The van der Waals surface area contributed by atoms with Gasteiger partial charge in [0.2, 0.25) is 5.95 Å². The molecule has 1 heterocycles. The Morgan fingerprint density at radius 3 is 2.62 bits per heavy atom. The molecular formula is C11H7BrFN3O4S. The third kappa shape index (κ3) is 3.52. The Labute approximate surface area is 127 Å². The zero-order chi connectivity index (χ0) is 15.6. The molecule has 1 aromatic heterocycles. The van der Waals surface area contributed by atoms with Crippen molar-refractivity contribution < 1.29 is 17.7 Å². The molecule has 0 spiro atoms. The second kappa shape index (κ2) is 5.74. The number of nitro groups is 1. The summed E-state index contributed by atoms with van der Waals surface area (Å²) in [5.41, 5.74) is -0.595. The summed E-state index contributed by atoms with van der Waals surface area (Å²) >= 11 is 3.04. The van der Waals surface area contributed by atoms with Crippen LogP contribution in [0.25, 0.3) is 0 Å². The van der Waals surface area contributed by atoms with Crippen molar-refractivity contribution in [3.8, 4) is 0 Å². The van der Waals surface area contributed by atoms with E-state index in [1.54, 1.807) is 0 Å². The lowest BCUT2D eigenvalue weighted by Gasteiger charge is -2.08. The molecule has 0 bridgehead atoms. The Bertz CT molecular complexity index is 813. The van der Waals surface area contributed by atoms with E-state index in [2.05, 4.69) is 20.9 Å². The molecule has 0 aliphatic carbocycles. The number of anilines is 1. The summed E-state index contributed by atoms with van der Waals surface area (Å²) in [6, 6.07) is 7.01. The van der Waals surface area contributed by atoms with Gasteiger partial charge >= 0.3 is 0 Å². The van der Waals surface area contributed by atoms with Crippen molar-refractivity contribution in [1.29, 1.82) is 0 Å². The molecule has 2 rings (SSSR count). The summed E-state index contributed by atoms with van der Waals surface area (Å²) in [6.45, 7) is 0. The van der Waals surface area contributed by atoms with E-state index in [0.717, 1.165) is 18.2 Å². The van der Waals surface area contributed by atoms with E-state index in [-0.39, 0.29) is 5.82 Å². The molecule has 7 nitrogen and oxygen atoms in total. The predicted octanol–water partition coefficient (Wildman–Crippen LogP) is 2.69. The highest BCUT2D eigenvalue weighted by Gasteiger charge is 2.26. The van der Waals surface area contributed by atoms with E-state index < -0.39 is 31.5 Å². The summed E-state index contributed by atoms with van der Waals surface area (Å²) < 4.78 is 39.7. The summed E-state index contributed by atoms with van der Waals surface area (Å²) in [7, 11) is -4.28. The lowest BCUT2D eigenvalue weighted by molar-refractivity contribution is -0.387. The SMILES string of the molecule is O=[N+]([O-])c1ccc(Br)cc1S(=O)(=O)Nc1cccc(F)n1. The standard InChI is InChI=1S/C11H7BrFN3O4S/c12-7-4-5-8(16(17)18)9(6-7)21(19,20)15-11-3-1-2-10(13)14-11/h1-6H,(H,14,15). The van der Waals surface area contributed by atoms with Crippen molar-refractivity contribution in [3.63, 3.8) is 0 Å². The molecule has 1 N–H and O–H groups in total. The molecule has 110 valence electrons. The highest BCUT2D eigenvalue weighted by molar-refractivity contribution is 9.10. The monoisotopic (exact) mass is 375 g/mol. The van der Waals surface area contributed by atoms with Crippen LogP contribution in [0.2, 0.25) is 0 Å². The molecule has 0 saturated carbocycles. The first-order valence-corrected chi connectivity index (χ1v) is 7.66. The maximum atomic E-state index is 13.0. The van der Waals surface area contributed by atoms with Crippen LogP contribution < -0.4 is 4.72 Å². The molecule has 0 aliphatic heterocycles. The largest absolute Gasteiger partial charge is 0.289 e. The Morgan fingerprint density at radius 2 is 2.00 bits per heavy atom. The van der Waals surface area contributed by atoms with E-state index >= 15 is 0 Å². The van der Waals surface area contributed by atoms with E-state index in [1.807, 2.05) is 4.72 Å². The topological polar surface area (TPSA) is 102 Å². The number of benzene rings is 1. The molecule has 2 aromatic rings. The second-order valence-corrected chi connectivity index (χ2v) is 6.39. The van der Waals surface area contributed by atoms with Crippen LogP contribution in [-0.2, 0) is 10.0 Å². The Kier molecular flexibility index (Phi) is 4.19. The Morgan fingerprint density at radius 1 is 1.29 bits per heavy atom. The van der Waals surface area contributed by atoms with Crippen LogP contribution in [0.15, 0.2) is 45.8 Å². The van der Waals surface area contributed by atoms with Gasteiger partial charge in [0.05, 0.1) is 4.92 Å². The summed E-state index contributed by atoms with van der Waals surface area (Å²) in [6.07, 6.45) is 0. The Balaban J connectivity index is 2.49. The van der Waals surface area contributed by atoms with Gasteiger partial charge in [0.15, 0.2) is 4.90 Å². The van der Waals surface area contributed by atoms with Gasteiger partial charge in [0.1, 0.15) is 5.82 Å². The van der Waals surface area contributed by atoms with E-state index in [4.69, 9.17) is 0 Å². The van der Waals surface area contributed by atoms with Crippen LogP contribution >= 0.6 is 15.9 Å². The van der Waals surface area contributed by atoms with Crippen molar-refractivity contribution in [3.05, 3.63) is 56.9 Å². The smallest absolute Gasteiger partial charge is 0.263 e. The van der Waals surface area contributed by atoms with Gasteiger partial charge in [0.25, 0.3) is 15.7 Å². The number of aromatic nitrogens is 1. The van der Waals surface area contributed by atoms with E-state index in [1.165, 1.54) is 18.2 Å². The fourth-order valence-electron chi connectivity index (χ4n) is 1.51. The third-order valence-electron chi connectivity index (χ3n) is 2.36. The first kappa shape index (κ1) is 15.3. The highest BCUT2D eigenvalue weighted by atomic mass is 79.9. The first-order chi connectivity index (χ1) is 9.79. The van der Waals surface area contributed by atoms with E-state index in [0.29, 0.717) is 4.47 Å². The van der Waals surface area contributed by atoms with Crippen molar-refractivity contribution in [1.82, 2.24) is 4.98 Å². The molecule has 1 aromatic carbocycles. The third-order valence-corrected chi connectivity index (χ3v) is 4.24. The van der Waals surface area contributed by atoms with Crippen LogP contribution in [0.1, 0.15) is 0 Å². The number of rotatable bonds is 4. The minimum atomic E-state index is -4.28. The van der Waals surface area contributed by atoms with Crippen LogP contribution in [0, 0.1) is 16.1 Å². The predicted molar refractivity (Wildman–Crippen MR) is 75.8 cm³/mol. The number of hydrogen-bond acceptors (Lipinski definition) is 5. The zero-order valence-electron chi connectivity index (χ0n) is 10.2. The number of hydrogen-bond donors (Lipinski definition) is 1. The molecule has 0 aliphatic rings. The lowest BCUT2D eigenvalue weighted by Crippen LogP contribution is -2.15. The summed E-state index contributed by atoms with van der Waals surface area (Å²) in [5.74, 6) is -1.15. The van der Waals surface area contributed by atoms with Crippen molar-refractivity contribution in [2.24, 2.45) is 0 Å². The maximum Gasteiger partial charge on any atom is 0.289 e. The van der Waals surface area contributed by atoms with Crippen LogP contribution in [0.5, 0.6) is 0 Å². The minimum Gasteiger partial charge on any atom is -0.263 e. The Hall–Kier alpha value is -2.07. The van der Waals surface area contributed by atoms with Gasteiger partial charge in [-0.3, -0.25) is 14.8 Å². The van der Waals surface area contributed by atoms with E-state index in [9.17, 15) is 22.9 Å². The number of nitro benzene ring substituents is 1. The van der Waals surface area contributed by atoms with Gasteiger partial charge in [-0.05, 0) is 24.3 Å². The molecule has 10 heteroatoms. The fourth-order valence-corrected chi connectivity index (χ4v) is 3.22. The molecule has 0 amide bonds. The zero-order valence-corrected chi connectivity index (χ0v) is 12.6. The van der Waals surface area contributed by atoms with Gasteiger partial charge in [-0.25, -0.2) is 13.4 Å². The molecule has 0 fully saturated rings. The highest BCUT2D eigenvalue weighted by Crippen LogP contribution is 2.28. The van der Waals surface area contributed by atoms with Gasteiger partial charge in [-0.1, -0.05) is 22.0 Å². The maximum absolute atomic E-state index is 13.0. The van der Waals surface area contributed by atoms with Crippen molar-refractivity contribution in [2.75, 3.05) is 4.72 Å². The average molecular weight is 376 g/mol.